The van der Waals surface area contributed by atoms with Crippen molar-refractivity contribution in [2.45, 2.75) is 37.8 Å². The highest BCUT2D eigenvalue weighted by atomic mass is 16.6. The Bertz CT molecular complexity index is 875. The topological polar surface area (TPSA) is 66.7 Å². The van der Waals surface area contributed by atoms with Gasteiger partial charge in [-0.05, 0) is 49.0 Å². The molecule has 1 amide bonds. The highest BCUT2D eigenvalue weighted by Gasteiger charge is 2.40. The molecule has 6 nitrogen and oxygen atoms in total. The number of carbonyl (C=O) groups excluding carboxylic acids is 1. The molecule has 146 valence electrons. The predicted molar refractivity (Wildman–Crippen MR) is 107 cm³/mol. The van der Waals surface area contributed by atoms with E-state index in [2.05, 4.69) is 23.1 Å². The molecule has 0 bridgehead atoms. The van der Waals surface area contributed by atoms with Crippen molar-refractivity contribution in [3.05, 3.63) is 75.3 Å². The number of hydrogen-bond acceptors (Lipinski definition) is 4. The zero-order chi connectivity index (χ0) is 19.7. The quantitative estimate of drug-likeness (QED) is 0.590. The van der Waals surface area contributed by atoms with Gasteiger partial charge < -0.3 is 4.90 Å². The molecule has 1 fully saturated rings. The van der Waals surface area contributed by atoms with Crippen LogP contribution in [-0.4, -0.2) is 46.8 Å². The van der Waals surface area contributed by atoms with Gasteiger partial charge in [-0.1, -0.05) is 36.4 Å². The van der Waals surface area contributed by atoms with E-state index < -0.39 is 4.92 Å². The van der Waals surface area contributed by atoms with Crippen molar-refractivity contribution < 1.29 is 9.72 Å². The molecule has 1 aliphatic carbocycles. The van der Waals surface area contributed by atoms with Crippen molar-refractivity contribution in [3.8, 4) is 0 Å². The number of nitro groups is 1. The van der Waals surface area contributed by atoms with Crippen molar-refractivity contribution in [3.63, 3.8) is 0 Å². The molecule has 0 spiro atoms. The maximum absolute atomic E-state index is 13.1. The summed E-state index contributed by atoms with van der Waals surface area (Å²) in [6.07, 6.45) is 3.68. The summed E-state index contributed by atoms with van der Waals surface area (Å²) >= 11 is 0. The lowest BCUT2D eigenvalue weighted by Crippen LogP contribution is -2.44. The number of carbonyl (C=O) groups is 1. The molecule has 0 unspecified atom stereocenters. The lowest BCUT2D eigenvalue weighted by atomic mass is 10.0. The molecule has 1 aliphatic heterocycles. The van der Waals surface area contributed by atoms with E-state index in [1.54, 1.807) is 12.1 Å². The first kappa shape index (κ1) is 18.6. The first-order valence-electron chi connectivity index (χ1n) is 9.85. The normalized spacial score (nSPS) is 21.5. The minimum absolute atomic E-state index is 0.0414. The fourth-order valence-corrected chi connectivity index (χ4v) is 4.61. The predicted octanol–water partition coefficient (Wildman–Crippen LogP) is 3.36. The largest absolute Gasteiger partial charge is 0.337 e. The van der Waals surface area contributed by atoms with Gasteiger partial charge in [-0.15, -0.1) is 0 Å². The lowest BCUT2D eigenvalue weighted by Gasteiger charge is -2.35. The van der Waals surface area contributed by atoms with Gasteiger partial charge >= 0.3 is 0 Å². The van der Waals surface area contributed by atoms with Crippen molar-refractivity contribution >= 4 is 11.6 Å². The molecule has 0 N–H and O–H groups in total. The third-order valence-electron chi connectivity index (χ3n) is 6.09. The molecule has 2 aromatic rings. The second-order valence-corrected chi connectivity index (χ2v) is 7.76. The number of likely N-dealkylation sites (tertiary alicyclic amines) is 1. The highest BCUT2D eigenvalue weighted by Crippen LogP contribution is 2.39. The first-order chi connectivity index (χ1) is 13.5. The fraction of sp³-hybridized carbons (Fsp3) is 0.409. The number of nitrogens with zero attached hydrogens (tertiary/aromatic N) is 3. The number of benzene rings is 2. The van der Waals surface area contributed by atoms with Crippen LogP contribution >= 0.6 is 0 Å². The molecule has 0 saturated carbocycles. The van der Waals surface area contributed by atoms with Crippen LogP contribution < -0.4 is 0 Å². The number of nitro benzene ring substituents is 1. The molecule has 0 aromatic heterocycles. The maximum Gasteiger partial charge on any atom is 0.269 e. The van der Waals surface area contributed by atoms with Crippen LogP contribution in [0.15, 0.2) is 48.5 Å². The van der Waals surface area contributed by atoms with Gasteiger partial charge in [0.1, 0.15) is 0 Å². The fourth-order valence-electron chi connectivity index (χ4n) is 4.61. The van der Waals surface area contributed by atoms with E-state index in [1.807, 2.05) is 18.0 Å². The van der Waals surface area contributed by atoms with Gasteiger partial charge in [0.05, 0.1) is 17.4 Å². The lowest BCUT2D eigenvalue weighted by molar-refractivity contribution is -0.384. The van der Waals surface area contributed by atoms with Crippen molar-refractivity contribution in [1.82, 2.24) is 9.80 Å². The number of non-ortho nitro benzene ring substituents is 1. The number of rotatable bonds is 5. The van der Waals surface area contributed by atoms with Crippen LogP contribution in [0.5, 0.6) is 0 Å². The summed E-state index contributed by atoms with van der Waals surface area (Å²) in [5.74, 6) is 0.0414. The van der Waals surface area contributed by atoms with E-state index in [0.29, 0.717) is 6.04 Å². The molecule has 2 atom stereocenters. The van der Waals surface area contributed by atoms with E-state index in [1.165, 1.54) is 36.1 Å². The first-order valence-corrected chi connectivity index (χ1v) is 9.85. The van der Waals surface area contributed by atoms with Crippen LogP contribution in [0, 0.1) is 10.1 Å². The number of likely N-dealkylation sites (N-methyl/N-ethyl adjacent to an activating group) is 1. The van der Waals surface area contributed by atoms with E-state index >= 15 is 0 Å². The Labute approximate surface area is 164 Å². The van der Waals surface area contributed by atoms with Gasteiger partial charge in [-0.3, -0.25) is 19.8 Å². The van der Waals surface area contributed by atoms with Crippen LogP contribution in [0.4, 0.5) is 5.69 Å². The van der Waals surface area contributed by atoms with Gasteiger partial charge in [-0.25, -0.2) is 0 Å². The average Bonchev–Trinajstić information content (AvgIpc) is 3.35. The molecule has 1 saturated heterocycles. The van der Waals surface area contributed by atoms with Crippen molar-refractivity contribution in [2.75, 3.05) is 20.1 Å². The van der Waals surface area contributed by atoms with Crippen LogP contribution in [0.1, 0.15) is 35.6 Å². The minimum Gasteiger partial charge on any atom is -0.337 e. The van der Waals surface area contributed by atoms with Gasteiger partial charge in [0.2, 0.25) is 5.91 Å². The Morgan fingerprint density at radius 2 is 1.82 bits per heavy atom. The zero-order valence-corrected chi connectivity index (χ0v) is 16.1. The second kappa shape index (κ2) is 7.72. The molecule has 4 rings (SSSR count). The summed E-state index contributed by atoms with van der Waals surface area (Å²) < 4.78 is 0. The van der Waals surface area contributed by atoms with E-state index in [0.717, 1.165) is 25.1 Å². The Hall–Kier alpha value is -2.73. The summed E-state index contributed by atoms with van der Waals surface area (Å²) in [6.45, 7) is 2.19. The SMILES string of the molecule is CN(C(=O)Cc1ccc([N+](=O)[O-])cc1)[C@@H]1c2ccccc2C[C@H]1N1CCCC1. The smallest absolute Gasteiger partial charge is 0.269 e. The third-order valence-corrected chi connectivity index (χ3v) is 6.09. The standard InChI is InChI=1S/C22H25N3O3/c1-23(21(26)14-16-8-10-18(11-9-16)25(27)28)22-19-7-3-2-6-17(19)15-20(22)24-12-4-5-13-24/h2-3,6-11,20,22H,4-5,12-15H2,1H3/t20-,22-/m1/s1. The Kier molecular flexibility index (Phi) is 5.13. The maximum atomic E-state index is 13.1. The minimum atomic E-state index is -0.423. The van der Waals surface area contributed by atoms with Crippen LogP contribution in [0.25, 0.3) is 0 Å². The summed E-state index contributed by atoms with van der Waals surface area (Å²) in [7, 11) is 1.89. The van der Waals surface area contributed by atoms with E-state index in [9.17, 15) is 14.9 Å². The van der Waals surface area contributed by atoms with Gasteiger partial charge in [0, 0.05) is 25.2 Å². The van der Waals surface area contributed by atoms with Crippen LogP contribution in [0.3, 0.4) is 0 Å². The van der Waals surface area contributed by atoms with E-state index in [-0.39, 0.29) is 24.1 Å². The monoisotopic (exact) mass is 379 g/mol. The molecule has 0 radical (unpaired) electrons. The van der Waals surface area contributed by atoms with Gasteiger partial charge in [-0.2, -0.15) is 0 Å². The summed E-state index contributed by atoms with van der Waals surface area (Å²) in [5.41, 5.74) is 3.42. The van der Waals surface area contributed by atoms with Crippen LogP contribution in [-0.2, 0) is 17.6 Å². The highest BCUT2D eigenvalue weighted by molar-refractivity contribution is 5.79. The van der Waals surface area contributed by atoms with Gasteiger partial charge in [0.15, 0.2) is 0 Å². The Morgan fingerprint density at radius 1 is 1.14 bits per heavy atom. The zero-order valence-electron chi connectivity index (χ0n) is 16.1. The molecule has 2 aromatic carbocycles. The van der Waals surface area contributed by atoms with Gasteiger partial charge in [0.25, 0.3) is 5.69 Å². The Balaban J connectivity index is 1.54. The molecular formula is C22H25N3O3. The summed E-state index contributed by atoms with van der Waals surface area (Å²) in [5, 5.41) is 10.8. The summed E-state index contributed by atoms with van der Waals surface area (Å²) in [4.78, 5) is 27.9. The van der Waals surface area contributed by atoms with E-state index in [4.69, 9.17) is 0 Å². The third kappa shape index (κ3) is 3.52. The number of fused-ring (bicyclic) bond motifs is 1. The second-order valence-electron chi connectivity index (χ2n) is 7.76. The van der Waals surface area contributed by atoms with Crippen molar-refractivity contribution in [1.29, 1.82) is 0 Å². The molecule has 2 aliphatic rings. The average molecular weight is 379 g/mol. The Morgan fingerprint density at radius 3 is 2.50 bits per heavy atom. The number of hydrogen-bond donors (Lipinski definition) is 0. The summed E-state index contributed by atoms with van der Waals surface area (Å²) in [6, 6.07) is 15.1. The number of amides is 1. The molecule has 28 heavy (non-hydrogen) atoms. The molecular weight excluding hydrogens is 354 g/mol. The van der Waals surface area contributed by atoms with Crippen LogP contribution in [0.2, 0.25) is 0 Å². The van der Waals surface area contributed by atoms with Crippen molar-refractivity contribution in [2.24, 2.45) is 0 Å². The molecule has 1 heterocycles. The molecule has 6 heteroatoms.